The van der Waals surface area contributed by atoms with E-state index in [9.17, 15) is 19.5 Å². The first kappa shape index (κ1) is 55.9. The van der Waals surface area contributed by atoms with Crippen LogP contribution in [0.1, 0.15) is 226 Å². The van der Waals surface area contributed by atoms with Crippen molar-refractivity contribution >= 4 is 17.9 Å². The molecule has 0 aromatic rings. The molecule has 6 nitrogen and oxygen atoms in total. The molecule has 0 aliphatic rings. The van der Waals surface area contributed by atoms with Crippen LogP contribution >= 0.6 is 0 Å². The van der Waals surface area contributed by atoms with Gasteiger partial charge in [0, 0.05) is 12.8 Å². The number of ether oxygens (including phenoxy) is 2. The Morgan fingerprint density at radius 1 is 0.441 bits per heavy atom. The van der Waals surface area contributed by atoms with Crippen LogP contribution in [-0.2, 0) is 23.9 Å². The fraction of sp³-hybridized carbons (Fsp3) is 0.717. The van der Waals surface area contributed by atoms with E-state index in [1.807, 2.05) is 0 Å². The molecule has 1 N–H and O–H groups in total. The molecular weight excluding hydrogens is 733 g/mol. The Morgan fingerprint density at radius 3 is 1.25 bits per heavy atom. The molecule has 0 heterocycles. The lowest BCUT2D eigenvalue weighted by molar-refractivity contribution is -0.164. The molecule has 0 aliphatic carbocycles. The summed E-state index contributed by atoms with van der Waals surface area (Å²) in [4.78, 5) is 38.0. The highest BCUT2D eigenvalue weighted by molar-refractivity contribution is 5.74. The first-order valence-electron chi connectivity index (χ1n) is 24.4. The van der Waals surface area contributed by atoms with Gasteiger partial charge < -0.3 is 14.6 Å². The molecule has 0 aromatic heterocycles. The SMILES string of the molecule is CC/C=C\C/C=C\C/C=C\CCCCCCCC(=O)OCC(C(=O)O)C(CCCCCCCCCCCCC)OC(=O)CCCCCCC/C=C\C/C=C\C/C=C\CC. The zero-order valence-electron chi connectivity index (χ0n) is 38.4. The summed E-state index contributed by atoms with van der Waals surface area (Å²) in [5, 5.41) is 10.2. The van der Waals surface area contributed by atoms with E-state index in [4.69, 9.17) is 9.47 Å². The highest BCUT2D eigenvalue weighted by Crippen LogP contribution is 2.21. The number of carbonyl (C=O) groups is 3. The third-order valence-electron chi connectivity index (χ3n) is 10.6. The number of carboxylic acid groups (broad SMARTS) is 1. The van der Waals surface area contributed by atoms with Crippen molar-refractivity contribution in [1.29, 1.82) is 0 Å². The molecule has 0 aromatic carbocycles. The number of aliphatic carboxylic acids is 1. The van der Waals surface area contributed by atoms with Crippen molar-refractivity contribution in [2.24, 2.45) is 5.92 Å². The largest absolute Gasteiger partial charge is 0.481 e. The van der Waals surface area contributed by atoms with Gasteiger partial charge in [-0.2, -0.15) is 0 Å². The van der Waals surface area contributed by atoms with E-state index in [-0.39, 0.29) is 31.4 Å². The second-order valence-electron chi connectivity index (χ2n) is 16.2. The Balaban J connectivity index is 4.64. The van der Waals surface area contributed by atoms with E-state index >= 15 is 0 Å². The maximum absolute atomic E-state index is 13.0. The Morgan fingerprint density at radius 2 is 0.814 bits per heavy atom. The summed E-state index contributed by atoms with van der Waals surface area (Å²) in [6.45, 7) is 6.27. The summed E-state index contributed by atoms with van der Waals surface area (Å²) in [6.07, 6.45) is 58.2. The quantitative estimate of drug-likeness (QED) is 0.0374. The number of hydrogen-bond donors (Lipinski definition) is 1. The molecule has 2 atom stereocenters. The molecule has 0 aliphatic heterocycles. The number of rotatable bonds is 43. The normalized spacial score (nSPS) is 13.3. The van der Waals surface area contributed by atoms with E-state index in [1.54, 1.807) is 0 Å². The molecule has 0 saturated heterocycles. The summed E-state index contributed by atoms with van der Waals surface area (Å²) < 4.78 is 11.4. The third-order valence-corrected chi connectivity index (χ3v) is 10.6. The number of carboxylic acids is 1. The summed E-state index contributed by atoms with van der Waals surface area (Å²) in [5.74, 6) is -2.87. The van der Waals surface area contributed by atoms with Gasteiger partial charge in [0.05, 0.1) is 0 Å². The highest BCUT2D eigenvalue weighted by atomic mass is 16.6. The van der Waals surface area contributed by atoms with Gasteiger partial charge in [-0.3, -0.25) is 14.4 Å². The van der Waals surface area contributed by atoms with Gasteiger partial charge in [0.2, 0.25) is 0 Å². The fourth-order valence-electron chi connectivity index (χ4n) is 6.95. The van der Waals surface area contributed by atoms with Crippen LogP contribution in [-0.4, -0.2) is 35.7 Å². The van der Waals surface area contributed by atoms with Gasteiger partial charge in [0.15, 0.2) is 0 Å². The van der Waals surface area contributed by atoms with Crippen molar-refractivity contribution in [1.82, 2.24) is 0 Å². The second-order valence-corrected chi connectivity index (χ2v) is 16.2. The molecule has 2 unspecified atom stereocenters. The van der Waals surface area contributed by atoms with Crippen molar-refractivity contribution < 1.29 is 29.0 Å². The van der Waals surface area contributed by atoms with Crippen LogP contribution in [0, 0.1) is 5.92 Å². The summed E-state index contributed by atoms with van der Waals surface area (Å²) >= 11 is 0. The van der Waals surface area contributed by atoms with Crippen molar-refractivity contribution in [2.75, 3.05) is 6.61 Å². The number of esters is 2. The maximum atomic E-state index is 13.0. The van der Waals surface area contributed by atoms with E-state index in [0.29, 0.717) is 6.42 Å². The molecule has 0 bridgehead atoms. The predicted octanol–water partition coefficient (Wildman–Crippen LogP) is 16.0. The molecule has 0 rings (SSSR count). The van der Waals surface area contributed by atoms with Crippen molar-refractivity contribution in [3.63, 3.8) is 0 Å². The standard InChI is InChI=1S/C53H90O6/c1-4-7-10-13-16-19-22-24-26-28-31-34-37-40-43-46-51(54)58-48-49(53(56)57)50(45-42-39-36-33-30-21-18-15-12-9-6-3)59-52(55)47-44-41-38-35-32-29-27-25-23-20-17-14-11-8-5-2/h7-8,10-11,16-17,19-20,24-27,49-50H,4-6,9,12-15,18,21-23,28-48H2,1-3H3,(H,56,57)/b10-7-,11-8-,19-16-,20-17-,26-24-,27-25-. The number of allylic oxidation sites excluding steroid dienone is 12. The summed E-state index contributed by atoms with van der Waals surface area (Å²) in [6, 6.07) is 0. The van der Waals surface area contributed by atoms with Crippen molar-refractivity contribution in [3.05, 3.63) is 72.9 Å². The van der Waals surface area contributed by atoms with E-state index in [1.165, 1.54) is 51.4 Å². The van der Waals surface area contributed by atoms with E-state index in [2.05, 4.69) is 93.7 Å². The Bertz CT molecular complexity index is 1140. The molecule has 0 amide bonds. The molecule has 0 fully saturated rings. The summed E-state index contributed by atoms with van der Waals surface area (Å²) in [5.41, 5.74) is 0. The van der Waals surface area contributed by atoms with Gasteiger partial charge >= 0.3 is 17.9 Å². The molecule has 0 spiro atoms. The number of hydrogen-bond acceptors (Lipinski definition) is 5. The predicted molar refractivity (Wildman–Crippen MR) is 252 cm³/mol. The Labute approximate surface area is 363 Å². The van der Waals surface area contributed by atoms with Gasteiger partial charge in [-0.15, -0.1) is 0 Å². The van der Waals surface area contributed by atoms with Gasteiger partial charge in [-0.05, 0) is 89.9 Å². The number of carbonyl (C=O) groups excluding carboxylic acids is 2. The lowest BCUT2D eigenvalue weighted by Gasteiger charge is -2.24. The van der Waals surface area contributed by atoms with Gasteiger partial charge in [0.1, 0.15) is 18.6 Å². The third kappa shape index (κ3) is 41.4. The fourth-order valence-corrected chi connectivity index (χ4v) is 6.95. The minimum atomic E-state index is -1.08. The molecule has 338 valence electrons. The maximum Gasteiger partial charge on any atom is 0.313 e. The lowest BCUT2D eigenvalue weighted by Crippen LogP contribution is -2.36. The molecule has 6 heteroatoms. The van der Waals surface area contributed by atoms with Gasteiger partial charge in [0.25, 0.3) is 0 Å². The number of unbranched alkanes of at least 4 members (excludes halogenated alkanes) is 20. The summed E-state index contributed by atoms with van der Waals surface area (Å²) in [7, 11) is 0. The highest BCUT2D eigenvalue weighted by Gasteiger charge is 2.32. The minimum Gasteiger partial charge on any atom is -0.481 e. The van der Waals surface area contributed by atoms with Crippen LogP contribution in [0.2, 0.25) is 0 Å². The van der Waals surface area contributed by atoms with E-state index < -0.39 is 18.0 Å². The average Bonchev–Trinajstić information content (AvgIpc) is 3.22. The monoisotopic (exact) mass is 823 g/mol. The van der Waals surface area contributed by atoms with Gasteiger partial charge in [-0.1, -0.05) is 196 Å². The Hall–Kier alpha value is -3.15. The minimum absolute atomic E-state index is 0.262. The molecule has 0 saturated carbocycles. The van der Waals surface area contributed by atoms with Crippen LogP contribution in [0.25, 0.3) is 0 Å². The first-order chi connectivity index (χ1) is 29.0. The van der Waals surface area contributed by atoms with Crippen molar-refractivity contribution in [2.45, 2.75) is 232 Å². The van der Waals surface area contributed by atoms with Crippen LogP contribution in [0.5, 0.6) is 0 Å². The zero-order chi connectivity index (χ0) is 43.1. The molecule has 0 radical (unpaired) electrons. The molecule has 59 heavy (non-hydrogen) atoms. The average molecular weight is 823 g/mol. The van der Waals surface area contributed by atoms with Crippen LogP contribution in [0.4, 0.5) is 0 Å². The molecular formula is C53H90O6. The van der Waals surface area contributed by atoms with Crippen molar-refractivity contribution in [3.8, 4) is 0 Å². The smallest absolute Gasteiger partial charge is 0.313 e. The first-order valence-corrected chi connectivity index (χ1v) is 24.4. The van der Waals surface area contributed by atoms with Crippen LogP contribution in [0.15, 0.2) is 72.9 Å². The van der Waals surface area contributed by atoms with Crippen LogP contribution < -0.4 is 0 Å². The van der Waals surface area contributed by atoms with Crippen LogP contribution in [0.3, 0.4) is 0 Å². The topological polar surface area (TPSA) is 89.9 Å². The Kier molecular flexibility index (Phi) is 43.5. The van der Waals surface area contributed by atoms with E-state index in [0.717, 1.165) is 135 Å². The zero-order valence-corrected chi connectivity index (χ0v) is 38.4. The lowest BCUT2D eigenvalue weighted by atomic mass is 9.96. The second kappa shape index (κ2) is 45.9. The van der Waals surface area contributed by atoms with Gasteiger partial charge in [-0.25, -0.2) is 0 Å².